The molecule has 2 amide bonds. The lowest BCUT2D eigenvalue weighted by molar-refractivity contribution is 0.157. The van der Waals surface area contributed by atoms with Gasteiger partial charge in [0, 0.05) is 19.7 Å². The Hall–Kier alpha value is -1.55. The van der Waals surface area contributed by atoms with Crippen molar-refractivity contribution in [3.8, 4) is 0 Å². The van der Waals surface area contributed by atoms with Crippen LogP contribution in [0.25, 0.3) is 0 Å². The highest BCUT2D eigenvalue weighted by molar-refractivity contribution is 5.74. The maximum atomic E-state index is 12.6. The van der Waals surface area contributed by atoms with Crippen LogP contribution in [0.4, 0.5) is 4.79 Å². The van der Waals surface area contributed by atoms with Gasteiger partial charge in [0.2, 0.25) is 0 Å². The van der Waals surface area contributed by atoms with Gasteiger partial charge in [-0.15, -0.1) is 0 Å². The van der Waals surface area contributed by atoms with Crippen molar-refractivity contribution >= 4 is 6.03 Å². The van der Waals surface area contributed by atoms with Gasteiger partial charge in [0.05, 0.1) is 6.04 Å². The van der Waals surface area contributed by atoms with Crippen LogP contribution in [0.2, 0.25) is 0 Å². The Morgan fingerprint density at radius 2 is 2.17 bits per heavy atom. The van der Waals surface area contributed by atoms with Crippen LogP contribution in [0, 0.1) is 5.92 Å². The number of likely N-dealkylation sites (tertiary alicyclic amines) is 1. The number of hydrogen-bond donors (Lipinski definition) is 2. The number of piperidine rings is 1. The van der Waals surface area contributed by atoms with Crippen LogP contribution >= 0.6 is 0 Å². The Morgan fingerprint density at radius 1 is 1.39 bits per heavy atom. The summed E-state index contributed by atoms with van der Waals surface area (Å²) in [6.45, 7) is 4.09. The standard InChI is InChI=1S/C19H30N2O2/c1-2-8-16-9-6-13-21(15-16)19(23)20-18(12-7-14-22)17-10-4-3-5-11-17/h3-5,10-11,16,18,22H,2,6-9,12-15H2,1H3,(H,20,23). The summed E-state index contributed by atoms with van der Waals surface area (Å²) in [4.78, 5) is 14.6. The van der Waals surface area contributed by atoms with E-state index in [1.807, 2.05) is 35.2 Å². The highest BCUT2D eigenvalue weighted by Crippen LogP contribution is 2.23. The van der Waals surface area contributed by atoms with Gasteiger partial charge in [0.1, 0.15) is 0 Å². The molecule has 0 aliphatic carbocycles. The van der Waals surface area contributed by atoms with E-state index in [2.05, 4.69) is 12.2 Å². The topological polar surface area (TPSA) is 52.6 Å². The van der Waals surface area contributed by atoms with E-state index in [4.69, 9.17) is 5.11 Å². The molecule has 128 valence electrons. The number of nitrogens with zero attached hydrogens (tertiary/aromatic N) is 1. The molecule has 1 aromatic rings. The van der Waals surface area contributed by atoms with E-state index in [9.17, 15) is 4.79 Å². The van der Waals surface area contributed by atoms with Crippen molar-refractivity contribution in [1.29, 1.82) is 0 Å². The van der Waals surface area contributed by atoms with E-state index >= 15 is 0 Å². The van der Waals surface area contributed by atoms with Gasteiger partial charge < -0.3 is 15.3 Å². The monoisotopic (exact) mass is 318 g/mol. The molecule has 0 bridgehead atoms. The number of urea groups is 1. The number of benzene rings is 1. The molecule has 0 saturated carbocycles. The minimum atomic E-state index is -0.0256. The third kappa shape index (κ3) is 5.54. The Balaban J connectivity index is 1.96. The molecule has 4 nitrogen and oxygen atoms in total. The van der Waals surface area contributed by atoms with Gasteiger partial charge in [-0.3, -0.25) is 0 Å². The molecule has 1 aliphatic rings. The number of carbonyl (C=O) groups is 1. The molecule has 4 heteroatoms. The SMILES string of the molecule is CCCC1CCCN(C(=O)NC(CCCO)c2ccccc2)C1. The fourth-order valence-corrected chi connectivity index (χ4v) is 3.44. The van der Waals surface area contributed by atoms with Crippen molar-refractivity contribution in [2.45, 2.75) is 51.5 Å². The summed E-state index contributed by atoms with van der Waals surface area (Å²) in [6.07, 6.45) is 6.19. The molecule has 0 spiro atoms. The van der Waals surface area contributed by atoms with Crippen LogP contribution in [-0.4, -0.2) is 35.7 Å². The summed E-state index contributed by atoms with van der Waals surface area (Å²) in [5, 5.41) is 12.3. The summed E-state index contributed by atoms with van der Waals surface area (Å²) >= 11 is 0. The van der Waals surface area contributed by atoms with E-state index in [0.717, 1.165) is 31.5 Å². The van der Waals surface area contributed by atoms with Gasteiger partial charge in [0.25, 0.3) is 0 Å². The highest BCUT2D eigenvalue weighted by Gasteiger charge is 2.25. The van der Waals surface area contributed by atoms with Crippen molar-refractivity contribution in [3.05, 3.63) is 35.9 Å². The smallest absolute Gasteiger partial charge is 0.317 e. The fourth-order valence-electron chi connectivity index (χ4n) is 3.44. The summed E-state index contributed by atoms with van der Waals surface area (Å²) in [5.74, 6) is 0.645. The van der Waals surface area contributed by atoms with Crippen LogP contribution in [0.5, 0.6) is 0 Å². The lowest BCUT2D eigenvalue weighted by atomic mass is 9.94. The molecule has 2 unspecified atom stereocenters. The quantitative estimate of drug-likeness (QED) is 0.805. The number of aliphatic hydroxyl groups excluding tert-OH is 1. The number of rotatable bonds is 7. The van der Waals surface area contributed by atoms with Crippen molar-refractivity contribution in [2.75, 3.05) is 19.7 Å². The number of aliphatic hydroxyl groups is 1. The molecule has 2 rings (SSSR count). The number of hydrogen-bond acceptors (Lipinski definition) is 2. The number of carbonyl (C=O) groups excluding carboxylic acids is 1. The Labute approximate surface area is 139 Å². The molecule has 0 aromatic heterocycles. The lowest BCUT2D eigenvalue weighted by Gasteiger charge is -2.34. The summed E-state index contributed by atoms with van der Waals surface area (Å²) in [5.41, 5.74) is 1.11. The molecule has 1 aromatic carbocycles. The molecule has 2 N–H and O–H groups in total. The summed E-state index contributed by atoms with van der Waals surface area (Å²) in [6, 6.07) is 10.1. The first-order valence-electron chi connectivity index (χ1n) is 8.95. The van der Waals surface area contributed by atoms with Crippen molar-refractivity contribution in [3.63, 3.8) is 0 Å². The van der Waals surface area contributed by atoms with Gasteiger partial charge in [0.15, 0.2) is 0 Å². The average molecular weight is 318 g/mol. The second-order valence-corrected chi connectivity index (χ2v) is 6.52. The van der Waals surface area contributed by atoms with Gasteiger partial charge in [-0.05, 0) is 43.6 Å². The zero-order valence-electron chi connectivity index (χ0n) is 14.2. The minimum Gasteiger partial charge on any atom is -0.396 e. The molecule has 1 heterocycles. The predicted molar refractivity (Wildman–Crippen MR) is 93.2 cm³/mol. The molecular weight excluding hydrogens is 288 g/mol. The van der Waals surface area contributed by atoms with Crippen LogP contribution in [0.1, 0.15) is 57.1 Å². The Morgan fingerprint density at radius 3 is 2.87 bits per heavy atom. The van der Waals surface area contributed by atoms with Crippen LogP contribution < -0.4 is 5.32 Å². The van der Waals surface area contributed by atoms with Gasteiger partial charge >= 0.3 is 6.03 Å². The van der Waals surface area contributed by atoms with Crippen molar-refractivity contribution in [2.24, 2.45) is 5.92 Å². The molecule has 1 aliphatic heterocycles. The van der Waals surface area contributed by atoms with Gasteiger partial charge in [-0.25, -0.2) is 4.79 Å². The predicted octanol–water partition coefficient (Wildman–Crippen LogP) is 3.72. The van der Waals surface area contributed by atoms with Gasteiger partial charge in [-0.1, -0.05) is 43.7 Å². The first-order valence-corrected chi connectivity index (χ1v) is 8.95. The lowest BCUT2D eigenvalue weighted by Crippen LogP contribution is -2.46. The first kappa shape index (κ1) is 17.8. The number of amides is 2. The molecule has 0 radical (unpaired) electrons. The average Bonchev–Trinajstić information content (AvgIpc) is 2.59. The minimum absolute atomic E-state index is 0.0256. The van der Waals surface area contributed by atoms with Crippen molar-refractivity contribution < 1.29 is 9.90 Å². The normalized spacial score (nSPS) is 19.4. The van der Waals surface area contributed by atoms with E-state index < -0.39 is 0 Å². The Kier molecular flexibility index (Phi) is 7.40. The van der Waals surface area contributed by atoms with Crippen LogP contribution in [-0.2, 0) is 0 Å². The fraction of sp³-hybridized carbons (Fsp3) is 0.632. The first-order chi connectivity index (χ1) is 11.2. The van der Waals surface area contributed by atoms with Crippen LogP contribution in [0.15, 0.2) is 30.3 Å². The largest absolute Gasteiger partial charge is 0.396 e. The Bertz CT molecular complexity index is 462. The third-order valence-electron chi connectivity index (χ3n) is 4.65. The third-order valence-corrected chi connectivity index (χ3v) is 4.65. The molecular formula is C19H30N2O2. The maximum absolute atomic E-state index is 12.6. The van der Waals surface area contributed by atoms with E-state index in [-0.39, 0.29) is 18.7 Å². The van der Waals surface area contributed by atoms with Crippen LogP contribution in [0.3, 0.4) is 0 Å². The molecule has 1 fully saturated rings. The van der Waals surface area contributed by atoms with E-state index in [1.165, 1.54) is 19.3 Å². The molecule has 2 atom stereocenters. The molecule has 1 saturated heterocycles. The van der Waals surface area contributed by atoms with Crippen molar-refractivity contribution in [1.82, 2.24) is 10.2 Å². The zero-order chi connectivity index (χ0) is 16.5. The van der Waals surface area contributed by atoms with Gasteiger partial charge in [-0.2, -0.15) is 0 Å². The second-order valence-electron chi connectivity index (χ2n) is 6.52. The maximum Gasteiger partial charge on any atom is 0.317 e. The summed E-state index contributed by atoms with van der Waals surface area (Å²) < 4.78 is 0. The highest BCUT2D eigenvalue weighted by atomic mass is 16.3. The zero-order valence-corrected chi connectivity index (χ0v) is 14.2. The number of nitrogens with one attached hydrogen (secondary N) is 1. The van der Waals surface area contributed by atoms with E-state index in [1.54, 1.807) is 0 Å². The van der Waals surface area contributed by atoms with E-state index in [0.29, 0.717) is 12.3 Å². The second kappa shape index (κ2) is 9.56. The molecule has 23 heavy (non-hydrogen) atoms. The summed E-state index contributed by atoms with van der Waals surface area (Å²) in [7, 11) is 0.